The zero-order chi connectivity index (χ0) is 14.6. The molecule has 106 valence electrons. The molecule has 0 aliphatic rings. The maximum absolute atomic E-state index is 11.5. The summed E-state index contributed by atoms with van der Waals surface area (Å²) in [4.78, 5) is 11.4. The van der Waals surface area contributed by atoms with Gasteiger partial charge >= 0.3 is 0 Å². The predicted molar refractivity (Wildman–Crippen MR) is 72.7 cm³/mol. The quantitative estimate of drug-likeness (QED) is 0.855. The van der Waals surface area contributed by atoms with Gasteiger partial charge in [-0.05, 0) is 31.5 Å². The molecule has 0 heterocycles. The van der Waals surface area contributed by atoms with Gasteiger partial charge in [0.05, 0.1) is 15.6 Å². The van der Waals surface area contributed by atoms with Crippen LogP contribution < -0.4 is 10.5 Å². The van der Waals surface area contributed by atoms with Gasteiger partial charge in [0, 0.05) is 6.61 Å². The minimum atomic E-state index is -3.83. The number of carbonyl (C=O) groups is 1. The van der Waals surface area contributed by atoms with Crippen LogP contribution >= 0.6 is 11.6 Å². The number of hydrogen-bond donors (Lipinski definition) is 2. The van der Waals surface area contributed by atoms with E-state index in [-0.39, 0.29) is 22.4 Å². The minimum Gasteiger partial charge on any atom is -0.372 e. The van der Waals surface area contributed by atoms with E-state index in [2.05, 4.69) is 5.32 Å². The van der Waals surface area contributed by atoms with Crippen LogP contribution in [-0.4, -0.2) is 27.5 Å². The number of carbonyl (C=O) groups excluding carboxylic acids is 1. The van der Waals surface area contributed by atoms with Crippen LogP contribution in [0.1, 0.15) is 12.5 Å². The van der Waals surface area contributed by atoms with E-state index in [1.165, 1.54) is 12.1 Å². The van der Waals surface area contributed by atoms with Gasteiger partial charge in [-0.1, -0.05) is 11.6 Å². The van der Waals surface area contributed by atoms with Gasteiger partial charge in [-0.3, -0.25) is 4.79 Å². The van der Waals surface area contributed by atoms with Crippen LogP contribution in [0.3, 0.4) is 0 Å². The largest absolute Gasteiger partial charge is 0.372 e. The lowest BCUT2D eigenvalue weighted by Gasteiger charge is -2.12. The summed E-state index contributed by atoms with van der Waals surface area (Å²) in [5, 5.41) is 7.68. The number of nitrogens with two attached hydrogens (primary N) is 1. The number of nitrogens with one attached hydrogen (secondary N) is 1. The highest BCUT2D eigenvalue weighted by atomic mass is 35.5. The summed E-state index contributed by atoms with van der Waals surface area (Å²) in [7, 11) is -3.83. The Balaban J connectivity index is 3.01. The molecule has 0 aromatic heterocycles. The number of ether oxygens (including phenoxy) is 1. The summed E-state index contributed by atoms with van der Waals surface area (Å²) in [5.41, 5.74) is 0.847. The number of amides is 1. The normalized spacial score (nSPS) is 11.4. The van der Waals surface area contributed by atoms with Crippen LogP contribution in [-0.2, 0) is 19.6 Å². The smallest absolute Gasteiger partial charge is 0.250 e. The number of rotatable bonds is 5. The molecule has 0 saturated carbocycles. The van der Waals surface area contributed by atoms with Gasteiger partial charge in [0.15, 0.2) is 0 Å². The fourth-order valence-electron chi connectivity index (χ4n) is 1.41. The van der Waals surface area contributed by atoms with Crippen molar-refractivity contribution in [3.63, 3.8) is 0 Å². The first-order valence-electron chi connectivity index (χ1n) is 5.46. The molecule has 1 rings (SSSR count). The van der Waals surface area contributed by atoms with Crippen LogP contribution in [0.25, 0.3) is 0 Å². The van der Waals surface area contributed by atoms with E-state index < -0.39 is 10.0 Å². The molecule has 0 saturated heterocycles. The van der Waals surface area contributed by atoms with Gasteiger partial charge in [0.1, 0.15) is 6.61 Å². The molecule has 8 heteroatoms. The number of aryl methyl sites for hydroxylation is 1. The number of anilines is 1. The van der Waals surface area contributed by atoms with E-state index in [1.807, 2.05) is 0 Å². The van der Waals surface area contributed by atoms with Gasteiger partial charge < -0.3 is 10.1 Å². The van der Waals surface area contributed by atoms with E-state index in [0.29, 0.717) is 17.9 Å². The highest BCUT2D eigenvalue weighted by Crippen LogP contribution is 2.28. The Hall–Kier alpha value is -1.15. The monoisotopic (exact) mass is 306 g/mol. The summed E-state index contributed by atoms with van der Waals surface area (Å²) < 4.78 is 27.4. The lowest BCUT2D eigenvalue weighted by atomic mass is 10.2. The first kappa shape index (κ1) is 15.9. The maximum atomic E-state index is 11.5. The molecule has 0 aliphatic heterocycles. The zero-order valence-electron chi connectivity index (χ0n) is 10.6. The molecular formula is C11H15ClN2O4S. The fraction of sp³-hybridized carbons (Fsp3) is 0.364. The number of benzene rings is 1. The first-order valence-corrected chi connectivity index (χ1v) is 7.38. The van der Waals surface area contributed by atoms with E-state index in [4.69, 9.17) is 21.5 Å². The van der Waals surface area contributed by atoms with Crippen molar-refractivity contribution in [2.75, 3.05) is 18.5 Å². The van der Waals surface area contributed by atoms with E-state index in [1.54, 1.807) is 13.8 Å². The Bertz CT molecular complexity index is 563. The van der Waals surface area contributed by atoms with Crippen molar-refractivity contribution in [2.24, 2.45) is 5.14 Å². The summed E-state index contributed by atoms with van der Waals surface area (Å²) in [5.74, 6) is -0.366. The molecule has 0 bridgehead atoms. The molecule has 0 aliphatic carbocycles. The van der Waals surface area contributed by atoms with Crippen LogP contribution in [0, 0.1) is 6.92 Å². The van der Waals surface area contributed by atoms with Crippen molar-refractivity contribution < 1.29 is 17.9 Å². The molecule has 0 unspecified atom stereocenters. The Kier molecular flexibility index (Phi) is 5.30. The number of halogens is 1. The molecule has 3 N–H and O–H groups in total. The molecule has 1 amide bonds. The Morgan fingerprint density at radius 3 is 2.58 bits per heavy atom. The molecule has 1 aromatic rings. The molecule has 0 spiro atoms. The molecule has 6 nitrogen and oxygen atoms in total. The summed E-state index contributed by atoms with van der Waals surface area (Å²) >= 11 is 5.94. The molecule has 0 atom stereocenters. The molecule has 0 radical (unpaired) electrons. The zero-order valence-corrected chi connectivity index (χ0v) is 12.1. The second kappa shape index (κ2) is 6.33. The lowest BCUT2D eigenvalue weighted by Crippen LogP contribution is -2.19. The number of hydrogen-bond acceptors (Lipinski definition) is 4. The summed E-state index contributed by atoms with van der Waals surface area (Å²) in [6, 6.07) is 2.54. The van der Waals surface area contributed by atoms with Crippen LogP contribution in [0.4, 0.5) is 5.69 Å². The molecule has 0 fully saturated rings. The van der Waals surface area contributed by atoms with Gasteiger partial charge in [0.25, 0.3) is 0 Å². The summed E-state index contributed by atoms with van der Waals surface area (Å²) in [6.45, 7) is 3.72. The van der Waals surface area contributed by atoms with E-state index >= 15 is 0 Å². The average Bonchev–Trinajstić information content (AvgIpc) is 2.29. The third-order valence-electron chi connectivity index (χ3n) is 2.29. The SMILES string of the molecule is CCOCC(=O)Nc1c(C)cc(S(N)(=O)=O)cc1Cl. The Morgan fingerprint density at radius 2 is 2.11 bits per heavy atom. The third kappa shape index (κ3) is 4.46. The van der Waals surface area contributed by atoms with Crippen molar-refractivity contribution in [3.05, 3.63) is 22.7 Å². The molecular weight excluding hydrogens is 292 g/mol. The highest BCUT2D eigenvalue weighted by molar-refractivity contribution is 7.89. The minimum absolute atomic E-state index is 0.0940. The number of sulfonamides is 1. The van der Waals surface area contributed by atoms with Crippen molar-refractivity contribution in [2.45, 2.75) is 18.7 Å². The second-order valence-corrected chi connectivity index (χ2v) is 5.80. The van der Waals surface area contributed by atoms with Gasteiger partial charge in [-0.15, -0.1) is 0 Å². The second-order valence-electron chi connectivity index (χ2n) is 3.83. The maximum Gasteiger partial charge on any atom is 0.250 e. The van der Waals surface area contributed by atoms with E-state index in [9.17, 15) is 13.2 Å². The van der Waals surface area contributed by atoms with Crippen molar-refractivity contribution in [3.8, 4) is 0 Å². The van der Waals surface area contributed by atoms with Gasteiger partial charge in [-0.2, -0.15) is 0 Å². The lowest BCUT2D eigenvalue weighted by molar-refractivity contribution is -0.120. The van der Waals surface area contributed by atoms with Crippen LogP contribution in [0.2, 0.25) is 5.02 Å². The highest BCUT2D eigenvalue weighted by Gasteiger charge is 2.15. The molecule has 19 heavy (non-hydrogen) atoms. The van der Waals surface area contributed by atoms with E-state index in [0.717, 1.165) is 0 Å². The fourth-order valence-corrected chi connectivity index (χ4v) is 2.41. The third-order valence-corrected chi connectivity index (χ3v) is 3.48. The Labute approximate surface area is 116 Å². The van der Waals surface area contributed by atoms with Gasteiger partial charge in [-0.25, -0.2) is 13.6 Å². The van der Waals surface area contributed by atoms with Gasteiger partial charge in [0.2, 0.25) is 15.9 Å². The standard InChI is InChI=1S/C11H15ClN2O4S/c1-3-18-6-10(15)14-11-7(2)4-8(5-9(11)12)19(13,16)17/h4-5H,3,6H2,1-2H3,(H,14,15)(H2,13,16,17). The van der Waals surface area contributed by atoms with Crippen LogP contribution in [0.15, 0.2) is 17.0 Å². The van der Waals surface area contributed by atoms with Crippen molar-refractivity contribution >= 4 is 33.2 Å². The van der Waals surface area contributed by atoms with Crippen LogP contribution in [0.5, 0.6) is 0 Å². The van der Waals surface area contributed by atoms with Crippen molar-refractivity contribution in [1.82, 2.24) is 0 Å². The number of primary sulfonamides is 1. The topological polar surface area (TPSA) is 98.5 Å². The summed E-state index contributed by atoms with van der Waals surface area (Å²) in [6.07, 6.45) is 0. The molecule has 1 aromatic carbocycles. The predicted octanol–water partition coefficient (Wildman–Crippen LogP) is 1.27. The average molecular weight is 307 g/mol. The first-order chi connectivity index (χ1) is 8.75. The Morgan fingerprint density at radius 1 is 1.47 bits per heavy atom. The van der Waals surface area contributed by atoms with Crippen molar-refractivity contribution in [1.29, 1.82) is 0 Å².